The standard InChI is InChI=1S/C25H26F3N3O3/c1-2-33-21-8-6-18(7-9-21)22-17-29-23(34-22)10-11-24(32)31-14-12-30(13-15-31)20-5-3-4-19(16-20)25(26,27)28/h3-9,16-17H,2,10-15H2,1H3. The smallest absolute Gasteiger partial charge is 0.416 e. The molecule has 2 aromatic carbocycles. The Kier molecular flexibility index (Phi) is 7.09. The van der Waals surface area contributed by atoms with E-state index in [2.05, 4.69) is 4.98 Å². The number of alkyl halides is 3. The molecule has 1 fully saturated rings. The Balaban J connectivity index is 1.27. The molecule has 6 nitrogen and oxygen atoms in total. The highest BCUT2D eigenvalue weighted by Crippen LogP contribution is 2.32. The summed E-state index contributed by atoms with van der Waals surface area (Å²) in [6, 6.07) is 12.8. The Bertz CT molecular complexity index is 1100. The summed E-state index contributed by atoms with van der Waals surface area (Å²) >= 11 is 0. The number of ether oxygens (including phenoxy) is 1. The van der Waals surface area contributed by atoms with Crippen LogP contribution in [0.25, 0.3) is 11.3 Å². The van der Waals surface area contributed by atoms with Gasteiger partial charge in [0.05, 0.1) is 18.4 Å². The van der Waals surface area contributed by atoms with Gasteiger partial charge >= 0.3 is 6.18 Å². The minimum atomic E-state index is -4.37. The third kappa shape index (κ3) is 5.70. The number of oxazole rings is 1. The number of halogens is 3. The summed E-state index contributed by atoms with van der Waals surface area (Å²) in [5.74, 6) is 1.87. The lowest BCUT2D eigenvalue weighted by Gasteiger charge is -2.36. The molecule has 1 aromatic heterocycles. The fourth-order valence-corrected chi connectivity index (χ4v) is 3.91. The van der Waals surface area contributed by atoms with Crippen molar-refractivity contribution in [3.63, 3.8) is 0 Å². The van der Waals surface area contributed by atoms with Crippen molar-refractivity contribution in [1.29, 1.82) is 0 Å². The third-order valence-corrected chi connectivity index (χ3v) is 5.73. The van der Waals surface area contributed by atoms with Crippen LogP contribution in [-0.2, 0) is 17.4 Å². The summed E-state index contributed by atoms with van der Waals surface area (Å²) in [6.07, 6.45) is -2.10. The van der Waals surface area contributed by atoms with E-state index >= 15 is 0 Å². The van der Waals surface area contributed by atoms with Gasteiger partial charge in [0.1, 0.15) is 5.75 Å². The summed E-state index contributed by atoms with van der Waals surface area (Å²) in [4.78, 5) is 20.5. The molecule has 3 aromatic rings. The van der Waals surface area contributed by atoms with E-state index in [0.717, 1.165) is 23.4 Å². The zero-order valence-electron chi connectivity index (χ0n) is 18.8. The van der Waals surface area contributed by atoms with E-state index in [9.17, 15) is 18.0 Å². The highest BCUT2D eigenvalue weighted by Gasteiger charge is 2.31. The highest BCUT2D eigenvalue weighted by atomic mass is 19.4. The lowest BCUT2D eigenvalue weighted by atomic mass is 10.1. The first-order chi connectivity index (χ1) is 16.3. The van der Waals surface area contributed by atoms with Crippen molar-refractivity contribution in [2.24, 2.45) is 0 Å². The molecule has 1 saturated heterocycles. The number of benzene rings is 2. The number of carbonyl (C=O) groups excluding carboxylic acids is 1. The summed E-state index contributed by atoms with van der Waals surface area (Å²) in [7, 11) is 0. The zero-order chi connectivity index (χ0) is 24.1. The summed E-state index contributed by atoms with van der Waals surface area (Å²) in [6.45, 7) is 4.40. The van der Waals surface area contributed by atoms with Gasteiger partial charge in [-0.15, -0.1) is 0 Å². The number of piperazine rings is 1. The van der Waals surface area contributed by atoms with Crippen molar-refractivity contribution in [3.05, 3.63) is 66.2 Å². The van der Waals surface area contributed by atoms with Crippen LogP contribution in [0, 0.1) is 0 Å². The quantitative estimate of drug-likeness (QED) is 0.481. The van der Waals surface area contributed by atoms with Gasteiger partial charge in [0.2, 0.25) is 5.91 Å². The second-order valence-electron chi connectivity index (χ2n) is 7.99. The lowest BCUT2D eigenvalue weighted by Crippen LogP contribution is -2.48. The van der Waals surface area contributed by atoms with E-state index in [-0.39, 0.29) is 12.3 Å². The molecule has 1 aliphatic rings. The first-order valence-electron chi connectivity index (χ1n) is 11.2. The van der Waals surface area contributed by atoms with E-state index in [1.165, 1.54) is 6.07 Å². The minimum absolute atomic E-state index is 0.0236. The van der Waals surface area contributed by atoms with Crippen molar-refractivity contribution >= 4 is 11.6 Å². The predicted octanol–water partition coefficient (Wildman–Crippen LogP) is 5.04. The van der Waals surface area contributed by atoms with Gasteiger partial charge in [-0.3, -0.25) is 4.79 Å². The predicted molar refractivity (Wildman–Crippen MR) is 122 cm³/mol. The van der Waals surface area contributed by atoms with Gasteiger partial charge in [0.15, 0.2) is 11.7 Å². The lowest BCUT2D eigenvalue weighted by molar-refractivity contribution is -0.137. The van der Waals surface area contributed by atoms with Gasteiger partial charge in [-0.2, -0.15) is 13.2 Å². The molecule has 0 saturated carbocycles. The Hall–Kier alpha value is -3.49. The minimum Gasteiger partial charge on any atom is -0.494 e. The number of carbonyl (C=O) groups is 1. The van der Waals surface area contributed by atoms with Crippen LogP contribution >= 0.6 is 0 Å². The highest BCUT2D eigenvalue weighted by molar-refractivity contribution is 5.76. The van der Waals surface area contributed by atoms with Crippen LogP contribution in [-0.4, -0.2) is 48.6 Å². The van der Waals surface area contributed by atoms with Gasteiger partial charge in [0.25, 0.3) is 0 Å². The Labute approximate surface area is 195 Å². The van der Waals surface area contributed by atoms with Gasteiger partial charge in [-0.05, 0) is 49.4 Å². The molecule has 0 bridgehead atoms. The van der Waals surface area contributed by atoms with Gasteiger partial charge < -0.3 is 19.0 Å². The van der Waals surface area contributed by atoms with Crippen molar-refractivity contribution in [3.8, 4) is 17.1 Å². The number of nitrogens with zero attached hydrogens (tertiary/aromatic N) is 3. The van der Waals surface area contributed by atoms with Crippen molar-refractivity contribution in [2.75, 3.05) is 37.7 Å². The van der Waals surface area contributed by atoms with E-state index in [1.807, 2.05) is 36.1 Å². The molecule has 1 amide bonds. The number of hydrogen-bond donors (Lipinski definition) is 0. The average Bonchev–Trinajstić information content (AvgIpc) is 3.32. The number of amides is 1. The molecule has 1 aliphatic heterocycles. The monoisotopic (exact) mass is 473 g/mol. The maximum absolute atomic E-state index is 13.0. The van der Waals surface area contributed by atoms with Crippen molar-refractivity contribution < 1.29 is 27.1 Å². The van der Waals surface area contributed by atoms with E-state index < -0.39 is 11.7 Å². The largest absolute Gasteiger partial charge is 0.494 e. The normalized spacial score (nSPS) is 14.4. The first-order valence-corrected chi connectivity index (χ1v) is 11.2. The topological polar surface area (TPSA) is 58.8 Å². The molecule has 2 heterocycles. The Morgan fingerprint density at radius 3 is 2.50 bits per heavy atom. The Morgan fingerprint density at radius 2 is 1.82 bits per heavy atom. The maximum Gasteiger partial charge on any atom is 0.416 e. The van der Waals surface area contributed by atoms with Crippen LogP contribution in [0.2, 0.25) is 0 Å². The summed E-state index contributed by atoms with van der Waals surface area (Å²) in [5, 5.41) is 0. The average molecular weight is 473 g/mol. The molecular weight excluding hydrogens is 447 g/mol. The molecule has 0 atom stereocenters. The van der Waals surface area contributed by atoms with Crippen LogP contribution < -0.4 is 9.64 Å². The summed E-state index contributed by atoms with van der Waals surface area (Å²) in [5.41, 5.74) is 0.724. The fourth-order valence-electron chi connectivity index (χ4n) is 3.91. The molecule has 0 N–H and O–H groups in total. The van der Waals surface area contributed by atoms with Crippen LogP contribution in [0.5, 0.6) is 5.75 Å². The fraction of sp³-hybridized carbons (Fsp3) is 0.360. The van der Waals surface area contributed by atoms with Crippen molar-refractivity contribution in [2.45, 2.75) is 25.9 Å². The Morgan fingerprint density at radius 1 is 1.09 bits per heavy atom. The SMILES string of the molecule is CCOc1ccc(-c2cnc(CCC(=O)N3CCN(c4cccc(C(F)(F)F)c4)CC3)o2)cc1. The molecular formula is C25H26F3N3O3. The molecule has 34 heavy (non-hydrogen) atoms. The van der Waals surface area contributed by atoms with Crippen LogP contribution in [0.4, 0.5) is 18.9 Å². The summed E-state index contributed by atoms with van der Waals surface area (Å²) < 4.78 is 50.2. The van der Waals surface area contributed by atoms with Crippen molar-refractivity contribution in [1.82, 2.24) is 9.88 Å². The number of aromatic nitrogens is 1. The maximum atomic E-state index is 13.0. The van der Waals surface area contributed by atoms with Crippen LogP contribution in [0.3, 0.4) is 0 Å². The van der Waals surface area contributed by atoms with E-state index in [1.54, 1.807) is 17.2 Å². The number of aryl methyl sites for hydroxylation is 1. The molecule has 0 unspecified atom stereocenters. The number of rotatable bonds is 7. The zero-order valence-corrected chi connectivity index (χ0v) is 18.8. The van der Waals surface area contributed by atoms with Gasteiger partial charge in [0, 0.05) is 50.3 Å². The van der Waals surface area contributed by atoms with Crippen LogP contribution in [0.15, 0.2) is 59.1 Å². The van der Waals surface area contributed by atoms with E-state index in [0.29, 0.717) is 56.5 Å². The van der Waals surface area contributed by atoms with Gasteiger partial charge in [-0.1, -0.05) is 6.07 Å². The third-order valence-electron chi connectivity index (χ3n) is 5.73. The van der Waals surface area contributed by atoms with E-state index in [4.69, 9.17) is 9.15 Å². The van der Waals surface area contributed by atoms with Gasteiger partial charge in [-0.25, -0.2) is 4.98 Å². The number of anilines is 1. The molecule has 0 aliphatic carbocycles. The molecule has 0 spiro atoms. The number of hydrogen-bond acceptors (Lipinski definition) is 5. The first kappa shape index (κ1) is 23.7. The second kappa shape index (κ2) is 10.2. The molecule has 4 rings (SSSR count). The molecule has 9 heteroatoms. The second-order valence-corrected chi connectivity index (χ2v) is 7.99. The molecule has 0 radical (unpaired) electrons. The molecule has 180 valence electrons. The van der Waals surface area contributed by atoms with Crippen LogP contribution in [0.1, 0.15) is 24.8 Å².